The molecule has 1 amide bonds. The normalized spacial score (nSPS) is 33.4. The number of fused-ring (bicyclic) bond motifs is 1. The van der Waals surface area contributed by atoms with Gasteiger partial charge in [0.1, 0.15) is 5.82 Å². The smallest absolute Gasteiger partial charge is 0.223 e. The molecule has 6 rings (SSSR count). The van der Waals surface area contributed by atoms with Gasteiger partial charge in [-0.25, -0.2) is 9.97 Å². The summed E-state index contributed by atoms with van der Waals surface area (Å²) in [5, 5.41) is 1.08. The molecule has 5 heteroatoms. The van der Waals surface area contributed by atoms with E-state index in [-0.39, 0.29) is 11.3 Å². The zero-order chi connectivity index (χ0) is 19.5. The van der Waals surface area contributed by atoms with Gasteiger partial charge in [-0.15, -0.1) is 0 Å². The largest absolute Gasteiger partial charge is 0.338 e. The van der Waals surface area contributed by atoms with E-state index in [0.717, 1.165) is 40.7 Å². The van der Waals surface area contributed by atoms with E-state index in [0.29, 0.717) is 17.3 Å². The quantitative estimate of drug-likeness (QED) is 0.625. The fourth-order valence-corrected chi connectivity index (χ4v) is 8.17. The Morgan fingerprint density at radius 3 is 2.61 bits per heavy atom. The molecular formula is C23H28BrN3O. The summed E-state index contributed by atoms with van der Waals surface area (Å²) in [5.74, 6) is 2.59. The number of rotatable bonds is 4. The molecule has 0 N–H and O–H groups in total. The van der Waals surface area contributed by atoms with Crippen molar-refractivity contribution >= 4 is 32.7 Å². The maximum atomic E-state index is 13.1. The van der Waals surface area contributed by atoms with Crippen LogP contribution in [0.15, 0.2) is 24.3 Å². The highest BCUT2D eigenvalue weighted by Crippen LogP contribution is 2.65. The highest BCUT2D eigenvalue weighted by Gasteiger charge is 2.57. The van der Waals surface area contributed by atoms with E-state index in [9.17, 15) is 4.79 Å². The summed E-state index contributed by atoms with van der Waals surface area (Å²) in [6, 6.07) is 8.07. The number of hydrogen-bond acceptors (Lipinski definition) is 3. The highest BCUT2D eigenvalue weighted by atomic mass is 79.9. The number of nitrogens with zero attached hydrogens (tertiary/aromatic N) is 3. The van der Waals surface area contributed by atoms with Crippen LogP contribution in [0.2, 0.25) is 0 Å². The second-order valence-corrected chi connectivity index (χ2v) is 11.5. The van der Waals surface area contributed by atoms with Crippen molar-refractivity contribution < 1.29 is 4.79 Å². The lowest BCUT2D eigenvalue weighted by Crippen LogP contribution is -2.54. The second kappa shape index (κ2) is 6.51. The van der Waals surface area contributed by atoms with Crippen molar-refractivity contribution in [1.82, 2.24) is 14.9 Å². The average molecular weight is 442 g/mol. The van der Waals surface area contributed by atoms with Gasteiger partial charge in [0.2, 0.25) is 5.91 Å². The lowest BCUT2D eigenvalue weighted by molar-refractivity contribution is -0.137. The molecule has 0 aliphatic heterocycles. The van der Waals surface area contributed by atoms with Crippen molar-refractivity contribution in [3.05, 3.63) is 35.8 Å². The van der Waals surface area contributed by atoms with Gasteiger partial charge in [-0.1, -0.05) is 34.1 Å². The minimum Gasteiger partial charge on any atom is -0.338 e. The number of carbonyl (C=O) groups excluding carboxylic acids is 1. The molecule has 28 heavy (non-hydrogen) atoms. The Labute approximate surface area is 175 Å². The number of para-hydroxylation sites is 1. The van der Waals surface area contributed by atoms with Gasteiger partial charge in [0, 0.05) is 28.9 Å². The molecule has 148 valence electrons. The second-order valence-electron chi connectivity index (χ2n) is 9.78. The van der Waals surface area contributed by atoms with Crippen LogP contribution in [-0.4, -0.2) is 32.1 Å². The molecule has 1 heterocycles. The van der Waals surface area contributed by atoms with Crippen molar-refractivity contribution in [2.24, 2.45) is 17.3 Å². The van der Waals surface area contributed by atoms with E-state index in [4.69, 9.17) is 0 Å². The Morgan fingerprint density at radius 2 is 1.89 bits per heavy atom. The Morgan fingerprint density at radius 1 is 1.18 bits per heavy atom. The maximum Gasteiger partial charge on any atom is 0.223 e. The van der Waals surface area contributed by atoms with E-state index in [1.165, 1.54) is 32.1 Å². The van der Waals surface area contributed by atoms with Gasteiger partial charge >= 0.3 is 0 Å². The monoisotopic (exact) mass is 441 g/mol. The molecule has 2 atom stereocenters. The van der Waals surface area contributed by atoms with Gasteiger partial charge in [0.15, 0.2) is 0 Å². The molecule has 1 aromatic heterocycles. The van der Waals surface area contributed by atoms with Gasteiger partial charge in [-0.2, -0.15) is 0 Å². The topological polar surface area (TPSA) is 46.1 Å². The first kappa shape index (κ1) is 18.5. The molecule has 0 radical (unpaired) electrons. The summed E-state index contributed by atoms with van der Waals surface area (Å²) in [5.41, 5.74) is 2.14. The number of benzene rings is 1. The molecule has 2 unspecified atom stereocenters. The zero-order valence-electron chi connectivity index (χ0n) is 16.7. The van der Waals surface area contributed by atoms with Gasteiger partial charge in [0.05, 0.1) is 12.1 Å². The van der Waals surface area contributed by atoms with Crippen LogP contribution >= 0.6 is 15.9 Å². The number of aromatic nitrogens is 2. The molecule has 0 saturated heterocycles. The number of aryl methyl sites for hydroxylation is 1. The van der Waals surface area contributed by atoms with Gasteiger partial charge in [-0.3, -0.25) is 4.79 Å². The first-order valence-electron chi connectivity index (χ1n) is 10.5. The summed E-state index contributed by atoms with van der Waals surface area (Å²) in [6.45, 7) is 2.49. The predicted octanol–water partition coefficient (Wildman–Crippen LogP) is 5.02. The maximum absolute atomic E-state index is 13.1. The summed E-state index contributed by atoms with van der Waals surface area (Å²) in [6.07, 6.45) is 8.31. The van der Waals surface area contributed by atoms with Crippen LogP contribution < -0.4 is 0 Å². The standard InChI is InChI=1S/C23H28BrN3O/c1-15-18-5-3-4-6-19(18)26-20(25-15)13-27(2)21(28)12-22-8-16-7-17(9-22)11-23(24,10-16)14-22/h3-6,16-17H,7-14H2,1-2H3. The third kappa shape index (κ3) is 3.26. The summed E-state index contributed by atoms with van der Waals surface area (Å²) < 4.78 is 0.300. The van der Waals surface area contributed by atoms with E-state index in [2.05, 4.69) is 25.9 Å². The van der Waals surface area contributed by atoms with Crippen LogP contribution in [0.4, 0.5) is 0 Å². The lowest BCUT2D eigenvalue weighted by Gasteiger charge is -2.60. The van der Waals surface area contributed by atoms with Crippen molar-refractivity contribution in [3.63, 3.8) is 0 Å². The third-order valence-corrected chi connectivity index (χ3v) is 8.21. The minimum atomic E-state index is 0.207. The van der Waals surface area contributed by atoms with Crippen LogP contribution in [0.3, 0.4) is 0 Å². The van der Waals surface area contributed by atoms with Crippen LogP contribution in [0.25, 0.3) is 10.9 Å². The number of amides is 1. The van der Waals surface area contributed by atoms with Crippen molar-refractivity contribution in [2.45, 2.75) is 62.7 Å². The van der Waals surface area contributed by atoms with Crippen LogP contribution in [0.5, 0.6) is 0 Å². The first-order chi connectivity index (χ1) is 13.3. The molecule has 4 aliphatic carbocycles. The third-order valence-electron chi connectivity index (χ3n) is 7.28. The fraction of sp³-hybridized carbons (Fsp3) is 0.609. The summed E-state index contributed by atoms with van der Waals surface area (Å²) in [4.78, 5) is 24.3. The first-order valence-corrected chi connectivity index (χ1v) is 11.3. The zero-order valence-corrected chi connectivity index (χ0v) is 18.3. The summed E-state index contributed by atoms with van der Waals surface area (Å²) in [7, 11) is 1.90. The molecule has 2 aromatic rings. The van der Waals surface area contributed by atoms with E-state index < -0.39 is 0 Å². The number of halogens is 1. The summed E-state index contributed by atoms with van der Waals surface area (Å²) >= 11 is 4.06. The minimum absolute atomic E-state index is 0.207. The van der Waals surface area contributed by atoms with Crippen molar-refractivity contribution in [2.75, 3.05) is 7.05 Å². The highest BCUT2D eigenvalue weighted by molar-refractivity contribution is 9.10. The molecule has 4 nitrogen and oxygen atoms in total. The van der Waals surface area contributed by atoms with E-state index >= 15 is 0 Å². The van der Waals surface area contributed by atoms with Crippen LogP contribution in [0, 0.1) is 24.2 Å². The lowest BCUT2D eigenvalue weighted by atomic mass is 9.48. The van der Waals surface area contributed by atoms with Gasteiger partial charge < -0.3 is 4.90 Å². The molecule has 4 bridgehead atoms. The van der Waals surface area contributed by atoms with Gasteiger partial charge in [-0.05, 0) is 68.8 Å². The van der Waals surface area contributed by atoms with Crippen molar-refractivity contribution in [1.29, 1.82) is 0 Å². The number of carbonyl (C=O) groups is 1. The molecule has 0 spiro atoms. The van der Waals surface area contributed by atoms with E-state index in [1.807, 2.05) is 43.1 Å². The fourth-order valence-electron chi connectivity index (χ4n) is 6.66. The Bertz CT molecular complexity index is 929. The average Bonchev–Trinajstić information content (AvgIpc) is 2.59. The van der Waals surface area contributed by atoms with Gasteiger partial charge in [0.25, 0.3) is 0 Å². The molecule has 4 aliphatic rings. The SMILES string of the molecule is Cc1nc(CN(C)C(=O)CC23CC4CC(CC(Br)(C4)C2)C3)nc2ccccc12. The Balaban J connectivity index is 1.31. The van der Waals surface area contributed by atoms with Crippen LogP contribution in [0.1, 0.15) is 56.5 Å². The van der Waals surface area contributed by atoms with Crippen molar-refractivity contribution in [3.8, 4) is 0 Å². The predicted molar refractivity (Wildman–Crippen MR) is 114 cm³/mol. The molecule has 4 fully saturated rings. The Kier molecular flexibility index (Phi) is 4.31. The van der Waals surface area contributed by atoms with Crippen LogP contribution in [-0.2, 0) is 11.3 Å². The Hall–Kier alpha value is -1.49. The molecule has 4 saturated carbocycles. The molecular weight excluding hydrogens is 414 g/mol. The number of hydrogen-bond donors (Lipinski definition) is 0. The number of alkyl halides is 1. The molecule has 1 aromatic carbocycles. The van der Waals surface area contributed by atoms with E-state index in [1.54, 1.807) is 0 Å².